The third-order valence-corrected chi connectivity index (χ3v) is 2.24. The van der Waals surface area contributed by atoms with Crippen molar-refractivity contribution in [3.05, 3.63) is 0 Å². The summed E-state index contributed by atoms with van der Waals surface area (Å²) in [5, 5.41) is 5.38. The number of carbonyl (C=O) groups excluding carboxylic acids is 2. The molecule has 1 atom stereocenters. The summed E-state index contributed by atoms with van der Waals surface area (Å²) in [5.74, 6) is -0.132. The molecule has 0 rings (SSSR count). The summed E-state index contributed by atoms with van der Waals surface area (Å²) in [6.07, 6.45) is 1.22. The maximum Gasteiger partial charge on any atom is 0.237 e. The minimum Gasteiger partial charge on any atom is -0.356 e. The molecule has 0 saturated heterocycles. The largest absolute Gasteiger partial charge is 0.356 e. The normalized spacial score (nSPS) is 12.3. The molecule has 0 aliphatic rings. The molecule has 1 unspecified atom stereocenters. The van der Waals surface area contributed by atoms with Gasteiger partial charge in [-0.3, -0.25) is 9.59 Å². The lowest BCUT2D eigenvalue weighted by Gasteiger charge is -2.15. The van der Waals surface area contributed by atoms with Gasteiger partial charge >= 0.3 is 0 Å². The van der Waals surface area contributed by atoms with Crippen LogP contribution in [0.1, 0.15) is 33.6 Å². The first-order valence-electron chi connectivity index (χ1n) is 5.79. The molecule has 0 radical (unpaired) electrons. The molecule has 0 aliphatic carbocycles. The Morgan fingerprint density at radius 1 is 1.19 bits per heavy atom. The molecule has 0 aliphatic heterocycles. The van der Waals surface area contributed by atoms with E-state index in [1.807, 2.05) is 20.8 Å². The van der Waals surface area contributed by atoms with E-state index in [-0.39, 0.29) is 17.7 Å². The lowest BCUT2D eigenvalue weighted by Crippen LogP contribution is -2.44. The van der Waals surface area contributed by atoms with E-state index in [2.05, 4.69) is 10.6 Å². The first-order valence-corrected chi connectivity index (χ1v) is 5.79. The van der Waals surface area contributed by atoms with Crippen LogP contribution >= 0.6 is 0 Å². The van der Waals surface area contributed by atoms with E-state index in [0.29, 0.717) is 19.5 Å². The van der Waals surface area contributed by atoms with E-state index in [9.17, 15) is 9.59 Å². The highest BCUT2D eigenvalue weighted by Gasteiger charge is 2.16. The van der Waals surface area contributed by atoms with Gasteiger partial charge in [-0.05, 0) is 12.3 Å². The van der Waals surface area contributed by atoms with Crippen molar-refractivity contribution in [1.29, 1.82) is 0 Å². The zero-order valence-electron chi connectivity index (χ0n) is 10.4. The van der Waals surface area contributed by atoms with Crippen LogP contribution in [0, 0.1) is 5.92 Å². The molecule has 0 bridgehead atoms. The van der Waals surface area contributed by atoms with Crippen LogP contribution in [-0.4, -0.2) is 30.9 Å². The molecule has 16 heavy (non-hydrogen) atoms. The van der Waals surface area contributed by atoms with Crippen molar-refractivity contribution < 1.29 is 9.59 Å². The maximum absolute atomic E-state index is 11.4. The van der Waals surface area contributed by atoms with Gasteiger partial charge in [0.05, 0.1) is 6.04 Å². The van der Waals surface area contributed by atoms with Crippen molar-refractivity contribution in [2.45, 2.75) is 39.7 Å². The summed E-state index contributed by atoms with van der Waals surface area (Å²) in [6.45, 7) is 6.78. The second-order valence-corrected chi connectivity index (χ2v) is 4.16. The lowest BCUT2D eigenvalue weighted by atomic mass is 10.1. The van der Waals surface area contributed by atoms with Crippen molar-refractivity contribution >= 4 is 11.8 Å². The fourth-order valence-electron chi connectivity index (χ4n) is 1.07. The van der Waals surface area contributed by atoms with E-state index >= 15 is 0 Å². The van der Waals surface area contributed by atoms with Crippen LogP contribution in [0.5, 0.6) is 0 Å². The molecule has 5 heteroatoms. The van der Waals surface area contributed by atoms with Gasteiger partial charge in [0, 0.05) is 19.5 Å². The minimum atomic E-state index is -0.501. The van der Waals surface area contributed by atoms with Crippen molar-refractivity contribution in [2.75, 3.05) is 13.1 Å². The second kappa shape index (κ2) is 8.10. The maximum atomic E-state index is 11.4. The van der Waals surface area contributed by atoms with Crippen molar-refractivity contribution in [3.8, 4) is 0 Å². The fourth-order valence-corrected chi connectivity index (χ4v) is 1.07. The first kappa shape index (κ1) is 14.9. The van der Waals surface area contributed by atoms with Crippen LogP contribution in [0.4, 0.5) is 0 Å². The molecule has 5 nitrogen and oxygen atoms in total. The van der Waals surface area contributed by atoms with Crippen LogP contribution in [0.3, 0.4) is 0 Å². The van der Waals surface area contributed by atoms with E-state index < -0.39 is 6.04 Å². The Hall–Kier alpha value is -1.10. The molecule has 0 aromatic rings. The van der Waals surface area contributed by atoms with E-state index in [4.69, 9.17) is 5.73 Å². The molecular formula is C11H23N3O2. The molecule has 0 aromatic heterocycles. The molecule has 4 N–H and O–H groups in total. The summed E-state index contributed by atoms with van der Waals surface area (Å²) < 4.78 is 0. The predicted octanol–water partition coefficient (Wildman–Crippen LogP) is 0.00220. The molecule has 94 valence electrons. The van der Waals surface area contributed by atoms with E-state index in [1.54, 1.807) is 0 Å². The van der Waals surface area contributed by atoms with Gasteiger partial charge in [0.15, 0.2) is 0 Å². The average molecular weight is 229 g/mol. The topological polar surface area (TPSA) is 84.2 Å². The van der Waals surface area contributed by atoms with Gasteiger partial charge in [-0.1, -0.05) is 20.8 Å². The van der Waals surface area contributed by atoms with Gasteiger partial charge in [-0.15, -0.1) is 0 Å². The summed E-state index contributed by atoms with van der Waals surface area (Å²) in [5.41, 5.74) is 5.64. The Kier molecular flexibility index (Phi) is 7.54. The molecule has 2 amide bonds. The zero-order chi connectivity index (χ0) is 12.6. The molecular weight excluding hydrogens is 206 g/mol. The van der Waals surface area contributed by atoms with Crippen molar-refractivity contribution in [1.82, 2.24) is 10.6 Å². The molecule has 0 heterocycles. The number of nitrogens with one attached hydrogen (secondary N) is 2. The Morgan fingerprint density at radius 3 is 2.31 bits per heavy atom. The SMILES string of the molecule is CCCNC(=O)CCNC(=O)C(N)C(C)C. The Balaban J connectivity index is 3.65. The van der Waals surface area contributed by atoms with Crippen molar-refractivity contribution in [3.63, 3.8) is 0 Å². The summed E-state index contributed by atoms with van der Waals surface area (Å²) in [7, 11) is 0. The van der Waals surface area contributed by atoms with Gasteiger partial charge in [0.2, 0.25) is 11.8 Å². The third-order valence-electron chi connectivity index (χ3n) is 2.24. The van der Waals surface area contributed by atoms with Crippen LogP contribution in [0.2, 0.25) is 0 Å². The molecule has 0 saturated carbocycles. The summed E-state index contributed by atoms with van der Waals surface area (Å²) >= 11 is 0. The highest BCUT2D eigenvalue weighted by molar-refractivity contribution is 5.82. The number of carbonyl (C=O) groups is 2. The Labute approximate surface area is 97.2 Å². The second-order valence-electron chi connectivity index (χ2n) is 4.16. The van der Waals surface area contributed by atoms with Crippen molar-refractivity contribution in [2.24, 2.45) is 11.7 Å². The average Bonchev–Trinajstić information content (AvgIpc) is 2.24. The number of hydrogen-bond donors (Lipinski definition) is 3. The summed E-state index contributed by atoms with van der Waals surface area (Å²) in [6, 6.07) is -0.501. The van der Waals surface area contributed by atoms with Gasteiger partial charge < -0.3 is 16.4 Å². The first-order chi connectivity index (χ1) is 7.49. The molecule has 0 fully saturated rings. The van der Waals surface area contributed by atoms with Crippen LogP contribution in [0.15, 0.2) is 0 Å². The highest BCUT2D eigenvalue weighted by Crippen LogP contribution is 1.97. The predicted molar refractivity (Wildman–Crippen MR) is 63.7 cm³/mol. The third kappa shape index (κ3) is 6.40. The number of rotatable bonds is 7. The smallest absolute Gasteiger partial charge is 0.237 e. The van der Waals surface area contributed by atoms with Crippen LogP contribution in [-0.2, 0) is 9.59 Å². The standard InChI is InChI=1S/C11H23N3O2/c1-4-6-13-9(15)5-7-14-11(16)10(12)8(2)3/h8,10H,4-7,12H2,1-3H3,(H,13,15)(H,14,16). The quantitative estimate of drug-likeness (QED) is 0.574. The van der Waals surface area contributed by atoms with Gasteiger partial charge in [0.1, 0.15) is 0 Å². The number of hydrogen-bond acceptors (Lipinski definition) is 3. The Morgan fingerprint density at radius 2 is 1.81 bits per heavy atom. The highest BCUT2D eigenvalue weighted by atomic mass is 16.2. The minimum absolute atomic E-state index is 0.0414. The summed E-state index contributed by atoms with van der Waals surface area (Å²) in [4.78, 5) is 22.6. The van der Waals surface area contributed by atoms with Crippen LogP contribution in [0.25, 0.3) is 0 Å². The molecule has 0 aromatic carbocycles. The Bertz CT molecular complexity index is 229. The monoisotopic (exact) mass is 229 g/mol. The lowest BCUT2D eigenvalue weighted by molar-refractivity contribution is -0.123. The number of amides is 2. The van der Waals surface area contributed by atoms with Crippen LogP contribution < -0.4 is 16.4 Å². The van der Waals surface area contributed by atoms with Gasteiger partial charge in [0.25, 0.3) is 0 Å². The number of nitrogens with two attached hydrogens (primary N) is 1. The molecule has 0 spiro atoms. The van der Waals surface area contributed by atoms with E-state index in [1.165, 1.54) is 0 Å². The zero-order valence-corrected chi connectivity index (χ0v) is 10.4. The van der Waals surface area contributed by atoms with E-state index in [0.717, 1.165) is 6.42 Å². The fraction of sp³-hybridized carbons (Fsp3) is 0.818. The van der Waals surface area contributed by atoms with Gasteiger partial charge in [-0.25, -0.2) is 0 Å². The van der Waals surface area contributed by atoms with Gasteiger partial charge in [-0.2, -0.15) is 0 Å².